The molecule has 32 heavy (non-hydrogen) atoms. The molecule has 0 fully saturated rings. The number of nitrogens with zero attached hydrogens (tertiary/aromatic N) is 3. The molecule has 3 aromatic rings. The van der Waals surface area contributed by atoms with Gasteiger partial charge in [0.25, 0.3) is 0 Å². The molecule has 1 aromatic heterocycles. The van der Waals surface area contributed by atoms with Crippen molar-refractivity contribution in [3.05, 3.63) is 48.3 Å². The Balaban J connectivity index is 1.68. The van der Waals surface area contributed by atoms with Crippen LogP contribution in [0.3, 0.4) is 0 Å². The van der Waals surface area contributed by atoms with E-state index in [4.69, 9.17) is 4.98 Å². The van der Waals surface area contributed by atoms with Crippen molar-refractivity contribution in [1.82, 2.24) is 9.88 Å². The van der Waals surface area contributed by atoms with Gasteiger partial charge in [-0.3, -0.25) is 9.69 Å². The SMILES string of the molecule is CCN(CC)CCN(C(=O)CCCSc1ccc(F)cc1)c1nc2c(SC)cccc2s1. The molecule has 2 aromatic carbocycles. The van der Waals surface area contributed by atoms with Crippen molar-refractivity contribution in [3.63, 3.8) is 0 Å². The van der Waals surface area contributed by atoms with Gasteiger partial charge in [-0.25, -0.2) is 9.37 Å². The van der Waals surface area contributed by atoms with E-state index in [0.29, 0.717) is 13.0 Å². The lowest BCUT2D eigenvalue weighted by Gasteiger charge is -2.24. The lowest BCUT2D eigenvalue weighted by atomic mass is 10.3. The highest BCUT2D eigenvalue weighted by Crippen LogP contribution is 2.34. The number of para-hydroxylation sites is 1. The van der Waals surface area contributed by atoms with Gasteiger partial charge in [-0.15, -0.1) is 23.5 Å². The number of carbonyl (C=O) groups excluding carboxylic acids is 1. The van der Waals surface area contributed by atoms with E-state index >= 15 is 0 Å². The van der Waals surface area contributed by atoms with Gasteiger partial charge in [-0.1, -0.05) is 31.3 Å². The van der Waals surface area contributed by atoms with E-state index in [1.54, 1.807) is 47.0 Å². The second-order valence-electron chi connectivity index (χ2n) is 7.28. The van der Waals surface area contributed by atoms with Crippen LogP contribution in [-0.2, 0) is 4.79 Å². The van der Waals surface area contributed by atoms with Gasteiger partial charge in [0.15, 0.2) is 5.13 Å². The van der Waals surface area contributed by atoms with Crippen LogP contribution in [-0.4, -0.2) is 54.0 Å². The van der Waals surface area contributed by atoms with E-state index in [1.807, 2.05) is 11.0 Å². The molecule has 172 valence electrons. The first-order chi connectivity index (χ1) is 15.5. The Hall–Kier alpha value is -1.61. The maximum Gasteiger partial charge on any atom is 0.228 e. The molecule has 0 aliphatic heterocycles. The third-order valence-corrected chi connectivity index (χ3v) is 8.19. The van der Waals surface area contributed by atoms with E-state index in [1.165, 1.54) is 12.1 Å². The quantitative estimate of drug-likeness (QED) is 0.216. The number of rotatable bonds is 12. The highest BCUT2D eigenvalue weighted by Gasteiger charge is 2.21. The van der Waals surface area contributed by atoms with E-state index in [2.05, 4.69) is 37.1 Å². The van der Waals surface area contributed by atoms with Crippen molar-refractivity contribution < 1.29 is 9.18 Å². The first-order valence-corrected chi connectivity index (χ1v) is 13.9. The van der Waals surface area contributed by atoms with Crippen LogP contribution in [0.2, 0.25) is 0 Å². The molecule has 0 aliphatic carbocycles. The maximum atomic E-state index is 13.2. The van der Waals surface area contributed by atoms with Crippen molar-refractivity contribution in [2.75, 3.05) is 43.1 Å². The number of fused-ring (bicyclic) bond motifs is 1. The Morgan fingerprint density at radius 2 is 1.84 bits per heavy atom. The lowest BCUT2D eigenvalue weighted by Crippen LogP contribution is -2.38. The van der Waals surface area contributed by atoms with E-state index in [0.717, 1.165) is 56.9 Å². The van der Waals surface area contributed by atoms with Crippen LogP contribution in [0.1, 0.15) is 26.7 Å². The Labute approximate surface area is 202 Å². The summed E-state index contributed by atoms with van der Waals surface area (Å²) in [5, 5.41) is 0.782. The van der Waals surface area contributed by atoms with Crippen LogP contribution in [0.15, 0.2) is 52.3 Å². The molecule has 0 saturated heterocycles. The lowest BCUT2D eigenvalue weighted by molar-refractivity contribution is -0.118. The summed E-state index contributed by atoms with van der Waals surface area (Å²) in [5.74, 6) is 0.702. The zero-order valence-corrected chi connectivity index (χ0v) is 21.3. The topological polar surface area (TPSA) is 36.4 Å². The van der Waals surface area contributed by atoms with Crippen LogP contribution in [0.5, 0.6) is 0 Å². The minimum atomic E-state index is -0.228. The second-order valence-corrected chi connectivity index (χ2v) is 10.3. The van der Waals surface area contributed by atoms with Gasteiger partial charge in [-0.05, 0) is 67.9 Å². The summed E-state index contributed by atoms with van der Waals surface area (Å²) in [6.45, 7) is 7.68. The molecule has 0 atom stereocenters. The molecule has 0 aliphatic rings. The number of likely N-dealkylation sites (N-methyl/N-ethyl adjacent to an activating group) is 1. The van der Waals surface area contributed by atoms with E-state index in [9.17, 15) is 9.18 Å². The molecule has 0 radical (unpaired) electrons. The summed E-state index contributed by atoms with van der Waals surface area (Å²) < 4.78 is 14.2. The highest BCUT2D eigenvalue weighted by molar-refractivity contribution is 7.99. The summed E-state index contributed by atoms with van der Waals surface area (Å²) >= 11 is 4.92. The first-order valence-electron chi connectivity index (χ1n) is 10.9. The number of hydrogen-bond acceptors (Lipinski definition) is 6. The van der Waals surface area contributed by atoms with Gasteiger partial charge in [-0.2, -0.15) is 0 Å². The van der Waals surface area contributed by atoms with Crippen LogP contribution in [0.4, 0.5) is 9.52 Å². The number of hydrogen-bond donors (Lipinski definition) is 0. The first kappa shape index (κ1) is 25.0. The smallest absolute Gasteiger partial charge is 0.228 e. The Morgan fingerprint density at radius 1 is 1.09 bits per heavy atom. The van der Waals surface area contributed by atoms with Gasteiger partial charge in [0.2, 0.25) is 5.91 Å². The summed E-state index contributed by atoms with van der Waals surface area (Å²) in [6, 6.07) is 12.7. The summed E-state index contributed by atoms with van der Waals surface area (Å²) in [5.41, 5.74) is 0.979. The second kappa shape index (κ2) is 12.6. The number of amides is 1. The minimum absolute atomic E-state index is 0.113. The van der Waals surface area contributed by atoms with Crippen LogP contribution in [0, 0.1) is 5.82 Å². The molecule has 1 heterocycles. The van der Waals surface area contributed by atoms with Crippen LogP contribution < -0.4 is 4.90 Å². The third kappa shape index (κ3) is 6.70. The predicted molar refractivity (Wildman–Crippen MR) is 138 cm³/mol. The fourth-order valence-corrected chi connectivity index (χ4v) is 5.90. The number of thiazole rings is 1. The standard InChI is InChI=1S/C24H30FN3OS3/c1-4-27(5-2)15-16-28(24-26-23-20(30-3)8-6-9-21(23)32-24)22(29)10-7-17-31-19-13-11-18(25)12-14-19/h6,8-9,11-14H,4-5,7,10,15-17H2,1-3H3. The largest absolute Gasteiger partial charge is 0.302 e. The fourth-order valence-electron chi connectivity index (χ4n) is 3.38. The molecule has 0 saturated carbocycles. The maximum absolute atomic E-state index is 13.2. The normalized spacial score (nSPS) is 11.4. The Bertz CT molecular complexity index is 1010. The van der Waals surface area contributed by atoms with Crippen LogP contribution >= 0.6 is 34.9 Å². The van der Waals surface area contributed by atoms with E-state index in [-0.39, 0.29) is 11.7 Å². The monoisotopic (exact) mass is 491 g/mol. The van der Waals surface area contributed by atoms with Crippen LogP contribution in [0.25, 0.3) is 10.2 Å². The molecular formula is C24H30FN3OS3. The number of anilines is 1. The Morgan fingerprint density at radius 3 is 2.53 bits per heavy atom. The van der Waals surface area contributed by atoms with Gasteiger partial charge >= 0.3 is 0 Å². The van der Waals surface area contributed by atoms with Crippen molar-refractivity contribution in [3.8, 4) is 0 Å². The average molecular weight is 492 g/mol. The van der Waals surface area contributed by atoms with Gasteiger partial charge in [0.05, 0.1) is 10.2 Å². The molecule has 0 spiro atoms. The van der Waals surface area contributed by atoms with Crippen molar-refractivity contribution in [2.45, 2.75) is 36.5 Å². The number of thioether (sulfide) groups is 2. The van der Waals surface area contributed by atoms with E-state index < -0.39 is 0 Å². The predicted octanol–water partition coefficient (Wildman–Crippen LogP) is 6.40. The van der Waals surface area contributed by atoms with Gasteiger partial charge in [0, 0.05) is 29.3 Å². The average Bonchev–Trinajstić information content (AvgIpc) is 3.24. The van der Waals surface area contributed by atoms with Gasteiger partial charge in [0.1, 0.15) is 5.82 Å². The molecule has 0 N–H and O–H groups in total. The van der Waals surface area contributed by atoms with Crippen molar-refractivity contribution in [1.29, 1.82) is 0 Å². The number of benzene rings is 2. The fraction of sp³-hybridized carbons (Fsp3) is 0.417. The highest BCUT2D eigenvalue weighted by atomic mass is 32.2. The number of halogens is 1. The zero-order chi connectivity index (χ0) is 22.9. The molecule has 1 amide bonds. The molecule has 3 rings (SSSR count). The third-order valence-electron chi connectivity index (χ3n) is 5.27. The zero-order valence-electron chi connectivity index (χ0n) is 18.8. The summed E-state index contributed by atoms with van der Waals surface area (Å²) in [6.07, 6.45) is 3.29. The summed E-state index contributed by atoms with van der Waals surface area (Å²) in [4.78, 5) is 24.4. The molecule has 4 nitrogen and oxygen atoms in total. The Kier molecular flexibility index (Phi) is 9.84. The van der Waals surface area contributed by atoms with Crippen molar-refractivity contribution >= 4 is 56.1 Å². The number of carbonyl (C=O) groups is 1. The molecule has 8 heteroatoms. The van der Waals surface area contributed by atoms with Crippen molar-refractivity contribution in [2.24, 2.45) is 0 Å². The molecular weight excluding hydrogens is 461 g/mol. The molecule has 0 unspecified atom stereocenters. The van der Waals surface area contributed by atoms with Gasteiger partial charge < -0.3 is 4.90 Å². The summed E-state index contributed by atoms with van der Waals surface area (Å²) in [7, 11) is 0. The number of aromatic nitrogens is 1. The minimum Gasteiger partial charge on any atom is -0.302 e. The molecule has 0 bridgehead atoms.